The molecule has 0 unspecified atom stereocenters. The molecule has 8 atom stereocenters. The summed E-state index contributed by atoms with van der Waals surface area (Å²) in [4.78, 5) is 23.1. The van der Waals surface area contributed by atoms with Crippen LogP contribution in [0.3, 0.4) is 0 Å². The highest BCUT2D eigenvalue weighted by Crippen LogP contribution is 2.43. The molecule has 0 aromatic carbocycles. The van der Waals surface area contributed by atoms with E-state index in [1.807, 2.05) is 26.0 Å². The van der Waals surface area contributed by atoms with E-state index in [1.165, 1.54) is 12.2 Å². The molecule has 3 aliphatic heterocycles. The second-order valence-electron chi connectivity index (χ2n) is 10.1. The Labute approximate surface area is 202 Å². The van der Waals surface area contributed by atoms with Crippen LogP contribution < -0.4 is 5.32 Å². The van der Waals surface area contributed by atoms with E-state index in [0.29, 0.717) is 13.0 Å². The van der Waals surface area contributed by atoms with Gasteiger partial charge in [-0.3, -0.25) is 9.59 Å². The van der Waals surface area contributed by atoms with E-state index in [4.69, 9.17) is 19.3 Å². The number of hydrogen-bond acceptors (Lipinski definition) is 6. The zero-order chi connectivity index (χ0) is 24.9. The molecule has 34 heavy (non-hydrogen) atoms. The molecule has 0 aromatic heterocycles. The van der Waals surface area contributed by atoms with Crippen molar-refractivity contribution in [1.29, 1.82) is 0 Å². The number of carboxylic acid groups (broad SMARTS) is 1. The minimum absolute atomic E-state index is 0.00233. The Morgan fingerprint density at radius 3 is 2.59 bits per heavy atom. The summed E-state index contributed by atoms with van der Waals surface area (Å²) in [5, 5.41) is 21.4. The third-order valence-corrected chi connectivity index (χ3v) is 6.81. The van der Waals surface area contributed by atoms with Gasteiger partial charge in [0.2, 0.25) is 5.91 Å². The van der Waals surface area contributed by atoms with Crippen molar-refractivity contribution in [2.45, 2.75) is 102 Å². The van der Waals surface area contributed by atoms with Crippen LogP contribution in [0, 0.1) is 5.92 Å². The lowest BCUT2D eigenvalue weighted by Gasteiger charge is -2.39. The smallest absolute Gasteiger partial charge is 0.305 e. The second-order valence-corrected chi connectivity index (χ2v) is 10.1. The Bertz CT molecular complexity index is 814. The average molecular weight is 478 g/mol. The minimum atomic E-state index is -0.852. The zero-order valence-corrected chi connectivity index (χ0v) is 20.6. The number of epoxide rings is 1. The third-order valence-electron chi connectivity index (χ3n) is 6.81. The molecular weight excluding hydrogens is 438 g/mol. The van der Waals surface area contributed by atoms with Gasteiger partial charge in [0, 0.05) is 18.9 Å². The SMILES string of the molecule is CC(/C=C/[C@@H]1C[C@]2(CO2)C[C@H](CC(=O)O)O1)=C\C[C@@H]1O[C@H](C)[C@H](NC(=O)/C=C\[C@H](C)O)C[C@@H]1C. The fraction of sp³-hybridized carbons (Fsp3) is 0.692. The number of carboxylic acids is 1. The van der Waals surface area contributed by atoms with E-state index in [-0.39, 0.29) is 54.3 Å². The molecule has 1 spiro atoms. The van der Waals surface area contributed by atoms with E-state index in [9.17, 15) is 14.7 Å². The molecule has 0 aromatic rings. The first-order valence-corrected chi connectivity index (χ1v) is 12.2. The average Bonchev–Trinajstić information content (AvgIpc) is 3.49. The number of rotatable bonds is 9. The van der Waals surface area contributed by atoms with Gasteiger partial charge in [0.1, 0.15) is 0 Å². The van der Waals surface area contributed by atoms with Crippen LogP contribution in [0.25, 0.3) is 0 Å². The number of aliphatic carboxylic acids is 1. The van der Waals surface area contributed by atoms with Gasteiger partial charge in [-0.25, -0.2) is 0 Å². The first-order chi connectivity index (χ1) is 16.0. The summed E-state index contributed by atoms with van der Waals surface area (Å²) in [7, 11) is 0. The van der Waals surface area contributed by atoms with E-state index in [0.717, 1.165) is 24.8 Å². The highest BCUT2D eigenvalue weighted by Gasteiger charge is 2.51. The number of hydrogen-bond donors (Lipinski definition) is 3. The number of allylic oxidation sites excluding steroid dienone is 2. The second kappa shape index (κ2) is 11.6. The maximum Gasteiger partial charge on any atom is 0.305 e. The van der Waals surface area contributed by atoms with Crippen molar-refractivity contribution >= 4 is 11.9 Å². The molecule has 3 N–H and O–H groups in total. The van der Waals surface area contributed by atoms with Gasteiger partial charge in [0.15, 0.2) is 0 Å². The molecule has 3 aliphatic rings. The van der Waals surface area contributed by atoms with Gasteiger partial charge >= 0.3 is 5.97 Å². The van der Waals surface area contributed by atoms with Gasteiger partial charge in [0.25, 0.3) is 0 Å². The molecule has 0 aliphatic carbocycles. The predicted molar refractivity (Wildman–Crippen MR) is 127 cm³/mol. The molecule has 8 nitrogen and oxygen atoms in total. The van der Waals surface area contributed by atoms with Crippen molar-refractivity contribution in [3.8, 4) is 0 Å². The molecule has 3 heterocycles. The van der Waals surface area contributed by atoms with E-state index in [1.54, 1.807) is 6.92 Å². The third kappa shape index (κ3) is 8.05. The number of nitrogens with one attached hydrogen (secondary N) is 1. The molecule has 3 rings (SSSR count). The summed E-state index contributed by atoms with van der Waals surface area (Å²) in [5.41, 5.74) is 0.891. The first kappa shape index (κ1) is 26.6. The van der Waals surface area contributed by atoms with Crippen LogP contribution in [0.15, 0.2) is 36.0 Å². The standard InChI is InChI=1S/C26H39NO7/c1-16(5-8-20-13-26(15-32-26)14-21(34-20)12-25(30)31)6-9-23-17(2)11-22(19(4)33-23)27-24(29)10-7-18(3)28/h5-8,10,17-23,28H,9,11-15H2,1-4H3,(H,27,29)(H,30,31)/b8-5+,10-7-,16-6+/t17-,18-,19+,20+,21-,22+,23-,26+/m0/s1. The molecule has 3 fully saturated rings. The van der Waals surface area contributed by atoms with Crippen molar-refractivity contribution in [3.05, 3.63) is 36.0 Å². The first-order valence-electron chi connectivity index (χ1n) is 12.2. The number of carbonyl (C=O) groups is 2. The number of ether oxygens (including phenoxy) is 3. The Morgan fingerprint density at radius 1 is 1.21 bits per heavy atom. The molecule has 8 heteroatoms. The summed E-state index contributed by atoms with van der Waals surface area (Å²) in [6.07, 6.45) is 10.8. The number of carbonyl (C=O) groups excluding carboxylic acids is 1. The molecule has 190 valence electrons. The molecular formula is C26H39NO7. The summed E-state index contributed by atoms with van der Waals surface area (Å²) in [5.74, 6) is -0.794. The predicted octanol–water partition coefficient (Wildman–Crippen LogP) is 2.91. The summed E-state index contributed by atoms with van der Waals surface area (Å²) in [6, 6.07) is -0.0680. The van der Waals surface area contributed by atoms with Crippen LogP contribution in [0.2, 0.25) is 0 Å². The lowest BCUT2D eigenvalue weighted by molar-refractivity contribution is -0.143. The van der Waals surface area contributed by atoms with Crippen molar-refractivity contribution in [3.63, 3.8) is 0 Å². The highest BCUT2D eigenvalue weighted by molar-refractivity contribution is 5.87. The lowest BCUT2D eigenvalue weighted by Crippen LogP contribution is -2.50. The van der Waals surface area contributed by atoms with Crippen LogP contribution in [0.4, 0.5) is 0 Å². The van der Waals surface area contributed by atoms with Crippen LogP contribution in [0.5, 0.6) is 0 Å². The van der Waals surface area contributed by atoms with E-state index >= 15 is 0 Å². The highest BCUT2D eigenvalue weighted by atomic mass is 16.6. The minimum Gasteiger partial charge on any atom is -0.481 e. The van der Waals surface area contributed by atoms with Crippen LogP contribution >= 0.6 is 0 Å². The molecule has 0 radical (unpaired) electrons. The largest absolute Gasteiger partial charge is 0.481 e. The van der Waals surface area contributed by atoms with Gasteiger partial charge < -0.3 is 29.7 Å². The lowest BCUT2D eigenvalue weighted by atomic mass is 9.88. The van der Waals surface area contributed by atoms with Crippen molar-refractivity contribution in [2.75, 3.05) is 6.61 Å². The van der Waals surface area contributed by atoms with E-state index < -0.39 is 12.1 Å². The molecule has 0 bridgehead atoms. The normalized spacial score (nSPS) is 37.3. The summed E-state index contributed by atoms with van der Waals surface area (Å²) >= 11 is 0. The van der Waals surface area contributed by atoms with Gasteiger partial charge in [-0.2, -0.15) is 0 Å². The van der Waals surface area contributed by atoms with Gasteiger partial charge in [-0.1, -0.05) is 36.8 Å². The Morgan fingerprint density at radius 2 is 1.94 bits per heavy atom. The topological polar surface area (TPSA) is 118 Å². The number of amides is 1. The van der Waals surface area contributed by atoms with Crippen molar-refractivity contribution in [2.24, 2.45) is 5.92 Å². The quantitative estimate of drug-likeness (QED) is 0.265. The maximum atomic E-state index is 12.1. The number of aliphatic hydroxyl groups excluding tert-OH is 1. The summed E-state index contributed by atoms with van der Waals surface area (Å²) < 4.78 is 17.8. The Kier molecular flexibility index (Phi) is 9.09. The Balaban J connectivity index is 1.49. The fourth-order valence-corrected chi connectivity index (χ4v) is 4.77. The van der Waals surface area contributed by atoms with Gasteiger partial charge in [-0.05, 0) is 39.5 Å². The van der Waals surface area contributed by atoms with E-state index in [2.05, 4.69) is 18.3 Å². The fourth-order valence-electron chi connectivity index (χ4n) is 4.77. The number of aliphatic hydroxyl groups is 1. The maximum absolute atomic E-state index is 12.1. The van der Waals surface area contributed by atoms with Crippen LogP contribution in [-0.4, -0.2) is 70.9 Å². The van der Waals surface area contributed by atoms with Gasteiger partial charge in [-0.15, -0.1) is 0 Å². The van der Waals surface area contributed by atoms with Crippen molar-refractivity contribution < 1.29 is 34.0 Å². The zero-order valence-electron chi connectivity index (χ0n) is 20.6. The van der Waals surface area contributed by atoms with Crippen LogP contribution in [0.1, 0.15) is 59.8 Å². The molecule has 1 amide bonds. The summed E-state index contributed by atoms with van der Waals surface area (Å²) in [6.45, 7) is 8.42. The molecule has 0 saturated carbocycles. The van der Waals surface area contributed by atoms with Crippen molar-refractivity contribution in [1.82, 2.24) is 5.32 Å². The molecule has 3 saturated heterocycles. The van der Waals surface area contributed by atoms with Gasteiger partial charge in [0.05, 0.1) is 55.2 Å². The van der Waals surface area contributed by atoms with Crippen LogP contribution in [-0.2, 0) is 23.8 Å². The monoisotopic (exact) mass is 477 g/mol. The Hall–Kier alpha value is -2.00.